The Kier molecular flexibility index (Phi) is 2.71. The number of rotatable bonds is 2. The molecule has 70 valence electrons. The van der Waals surface area contributed by atoms with Crippen LogP contribution in [0, 0.1) is 20.8 Å². The van der Waals surface area contributed by atoms with Gasteiger partial charge in [-0.05, 0) is 38.8 Å². The van der Waals surface area contributed by atoms with Crippen LogP contribution in [0.5, 0.6) is 0 Å². The predicted molar refractivity (Wildman–Crippen MR) is 56.9 cm³/mol. The van der Waals surface area contributed by atoms with E-state index in [2.05, 4.69) is 29.9 Å². The molecule has 0 aliphatic heterocycles. The molecule has 0 saturated carbocycles. The van der Waals surface area contributed by atoms with Gasteiger partial charge >= 0.3 is 0 Å². The van der Waals surface area contributed by atoms with Gasteiger partial charge in [-0.1, -0.05) is 12.6 Å². The summed E-state index contributed by atoms with van der Waals surface area (Å²) in [6, 6.07) is 2.13. The average molecular weight is 176 g/mol. The van der Waals surface area contributed by atoms with E-state index in [4.69, 9.17) is 0 Å². The first-order valence-electron chi connectivity index (χ1n) is 4.38. The van der Waals surface area contributed by atoms with Crippen molar-refractivity contribution < 1.29 is 0 Å². The number of nitrogens with one attached hydrogen (secondary N) is 1. The third-order valence-corrected chi connectivity index (χ3v) is 1.99. The lowest BCUT2D eigenvalue weighted by Gasteiger charge is -2.10. The third-order valence-electron chi connectivity index (χ3n) is 1.99. The van der Waals surface area contributed by atoms with Gasteiger partial charge in [0.05, 0.1) is 0 Å². The molecule has 1 aromatic heterocycles. The molecule has 0 atom stereocenters. The molecule has 0 aliphatic carbocycles. The number of hydrogen-bond acceptors (Lipinski definition) is 2. The van der Waals surface area contributed by atoms with Gasteiger partial charge in [0.25, 0.3) is 0 Å². The Morgan fingerprint density at radius 2 is 1.92 bits per heavy atom. The van der Waals surface area contributed by atoms with Gasteiger partial charge in [-0.3, -0.25) is 0 Å². The summed E-state index contributed by atoms with van der Waals surface area (Å²) in [7, 11) is 0. The highest BCUT2D eigenvalue weighted by molar-refractivity contribution is 5.49. The van der Waals surface area contributed by atoms with Gasteiger partial charge in [0.15, 0.2) is 0 Å². The highest BCUT2D eigenvalue weighted by atomic mass is 15.0. The number of aromatic nitrogens is 1. The van der Waals surface area contributed by atoms with Crippen molar-refractivity contribution >= 4 is 5.82 Å². The van der Waals surface area contributed by atoms with E-state index in [1.165, 1.54) is 5.56 Å². The predicted octanol–water partition coefficient (Wildman–Crippen LogP) is 2.95. The van der Waals surface area contributed by atoms with Crippen LogP contribution in [0.4, 0.5) is 5.82 Å². The normalized spacial score (nSPS) is 9.85. The van der Waals surface area contributed by atoms with Crippen LogP contribution in [0.2, 0.25) is 0 Å². The third kappa shape index (κ3) is 2.31. The molecule has 0 radical (unpaired) electrons. The van der Waals surface area contributed by atoms with Crippen LogP contribution < -0.4 is 5.32 Å². The molecule has 0 spiro atoms. The van der Waals surface area contributed by atoms with Crippen LogP contribution in [-0.4, -0.2) is 4.98 Å². The monoisotopic (exact) mass is 176 g/mol. The van der Waals surface area contributed by atoms with Crippen molar-refractivity contribution in [3.8, 4) is 0 Å². The summed E-state index contributed by atoms with van der Waals surface area (Å²) in [5.41, 5.74) is 4.36. The molecule has 1 heterocycles. The standard InChI is InChI=1S/C11H16N2/c1-7(2)12-11-9(4)6-8(3)10(5)13-11/h6H,1H2,2-5H3,(H,12,13). The van der Waals surface area contributed by atoms with E-state index in [-0.39, 0.29) is 0 Å². The quantitative estimate of drug-likeness (QED) is 0.749. The average Bonchev–Trinajstić information content (AvgIpc) is 1.99. The summed E-state index contributed by atoms with van der Waals surface area (Å²) in [4.78, 5) is 4.44. The number of nitrogens with zero attached hydrogens (tertiary/aromatic N) is 1. The lowest BCUT2D eigenvalue weighted by Crippen LogP contribution is -2.01. The van der Waals surface area contributed by atoms with Crippen LogP contribution in [0.1, 0.15) is 23.7 Å². The van der Waals surface area contributed by atoms with E-state index in [1.54, 1.807) is 0 Å². The molecule has 1 aromatic rings. The van der Waals surface area contributed by atoms with Gasteiger partial charge in [-0.25, -0.2) is 4.98 Å². The molecule has 1 N–H and O–H groups in total. The Bertz CT molecular complexity index is 340. The van der Waals surface area contributed by atoms with E-state index in [1.807, 2.05) is 20.8 Å². The van der Waals surface area contributed by atoms with Crippen LogP contribution in [-0.2, 0) is 0 Å². The molecule has 0 amide bonds. The maximum atomic E-state index is 4.44. The van der Waals surface area contributed by atoms with Gasteiger partial charge in [0, 0.05) is 11.4 Å². The minimum absolute atomic E-state index is 0.913. The molecular formula is C11H16N2. The Balaban J connectivity index is 3.08. The topological polar surface area (TPSA) is 24.9 Å². The van der Waals surface area contributed by atoms with Crippen LogP contribution in [0.3, 0.4) is 0 Å². The zero-order valence-electron chi connectivity index (χ0n) is 8.73. The van der Waals surface area contributed by atoms with Crippen LogP contribution in [0.25, 0.3) is 0 Å². The van der Waals surface area contributed by atoms with Crippen molar-refractivity contribution in [3.05, 3.63) is 35.2 Å². The Morgan fingerprint density at radius 1 is 1.31 bits per heavy atom. The Hall–Kier alpha value is -1.31. The number of allylic oxidation sites excluding steroid dienone is 1. The molecule has 0 unspecified atom stereocenters. The zero-order valence-corrected chi connectivity index (χ0v) is 8.73. The van der Waals surface area contributed by atoms with Crippen molar-refractivity contribution in [2.24, 2.45) is 0 Å². The highest BCUT2D eigenvalue weighted by Crippen LogP contribution is 2.16. The highest BCUT2D eigenvalue weighted by Gasteiger charge is 2.02. The number of anilines is 1. The maximum Gasteiger partial charge on any atom is 0.133 e. The minimum atomic E-state index is 0.913. The van der Waals surface area contributed by atoms with Crippen molar-refractivity contribution in [1.29, 1.82) is 0 Å². The fraction of sp³-hybridized carbons (Fsp3) is 0.364. The smallest absolute Gasteiger partial charge is 0.133 e. The molecule has 0 bridgehead atoms. The lowest BCUT2D eigenvalue weighted by atomic mass is 10.1. The van der Waals surface area contributed by atoms with E-state index in [0.717, 1.165) is 22.8 Å². The first-order chi connectivity index (χ1) is 6.00. The molecule has 2 heteroatoms. The summed E-state index contributed by atoms with van der Waals surface area (Å²) in [5, 5.41) is 3.14. The van der Waals surface area contributed by atoms with E-state index < -0.39 is 0 Å². The Morgan fingerprint density at radius 3 is 2.46 bits per heavy atom. The summed E-state index contributed by atoms with van der Waals surface area (Å²) >= 11 is 0. The second-order valence-electron chi connectivity index (χ2n) is 3.46. The fourth-order valence-electron chi connectivity index (χ4n) is 1.17. The van der Waals surface area contributed by atoms with Crippen molar-refractivity contribution in [2.75, 3.05) is 5.32 Å². The second kappa shape index (κ2) is 3.60. The van der Waals surface area contributed by atoms with Gasteiger partial charge in [-0.15, -0.1) is 0 Å². The van der Waals surface area contributed by atoms with Crippen molar-refractivity contribution in [3.63, 3.8) is 0 Å². The molecule has 0 fully saturated rings. The molecule has 0 aliphatic rings. The summed E-state index contributed by atoms with van der Waals surface area (Å²) in [6.07, 6.45) is 0. The van der Waals surface area contributed by atoms with E-state index in [9.17, 15) is 0 Å². The van der Waals surface area contributed by atoms with Crippen LogP contribution in [0.15, 0.2) is 18.3 Å². The zero-order chi connectivity index (χ0) is 10.0. The van der Waals surface area contributed by atoms with Gasteiger partial charge in [0.2, 0.25) is 0 Å². The molecule has 0 aromatic carbocycles. The first kappa shape index (κ1) is 9.78. The van der Waals surface area contributed by atoms with Crippen LogP contribution >= 0.6 is 0 Å². The molecule has 2 nitrogen and oxygen atoms in total. The molecular weight excluding hydrogens is 160 g/mol. The lowest BCUT2D eigenvalue weighted by molar-refractivity contribution is 1.11. The van der Waals surface area contributed by atoms with E-state index in [0.29, 0.717) is 0 Å². The summed E-state index contributed by atoms with van der Waals surface area (Å²) in [5.74, 6) is 0.913. The molecule has 13 heavy (non-hydrogen) atoms. The minimum Gasteiger partial charge on any atom is -0.344 e. The largest absolute Gasteiger partial charge is 0.344 e. The number of pyridine rings is 1. The molecule has 0 saturated heterocycles. The van der Waals surface area contributed by atoms with Crippen molar-refractivity contribution in [1.82, 2.24) is 4.98 Å². The van der Waals surface area contributed by atoms with Gasteiger partial charge in [-0.2, -0.15) is 0 Å². The maximum absolute atomic E-state index is 4.44. The number of hydrogen-bond donors (Lipinski definition) is 1. The first-order valence-corrected chi connectivity index (χ1v) is 4.38. The van der Waals surface area contributed by atoms with Crippen molar-refractivity contribution in [2.45, 2.75) is 27.7 Å². The van der Waals surface area contributed by atoms with Gasteiger partial charge in [0.1, 0.15) is 5.82 Å². The van der Waals surface area contributed by atoms with Gasteiger partial charge < -0.3 is 5.32 Å². The second-order valence-corrected chi connectivity index (χ2v) is 3.46. The number of aryl methyl sites for hydroxylation is 3. The fourth-order valence-corrected chi connectivity index (χ4v) is 1.17. The SMILES string of the molecule is C=C(C)Nc1nc(C)c(C)cc1C. The Labute approximate surface area is 79.7 Å². The molecule has 1 rings (SSSR count). The summed E-state index contributed by atoms with van der Waals surface area (Å²) in [6.45, 7) is 11.8. The van der Waals surface area contributed by atoms with E-state index >= 15 is 0 Å². The summed E-state index contributed by atoms with van der Waals surface area (Å²) < 4.78 is 0.